The number of hydrogen-bond acceptors (Lipinski definition) is 4. The predicted molar refractivity (Wildman–Crippen MR) is 94.7 cm³/mol. The third-order valence-corrected chi connectivity index (χ3v) is 4.94. The number of rotatable bonds is 4. The topological polar surface area (TPSA) is 58.0 Å². The molecule has 2 aliphatic rings. The summed E-state index contributed by atoms with van der Waals surface area (Å²) in [4.78, 5) is 16.9. The molecule has 1 atom stereocenters. The molecule has 2 saturated heterocycles. The number of amides is 2. The van der Waals surface area contributed by atoms with Gasteiger partial charge >= 0.3 is 6.03 Å². The Hall–Kier alpha value is -2.47. The van der Waals surface area contributed by atoms with E-state index in [4.69, 9.17) is 9.15 Å². The molecule has 6 heteroatoms. The molecule has 0 bridgehead atoms. The van der Waals surface area contributed by atoms with Crippen molar-refractivity contribution in [2.75, 3.05) is 31.5 Å². The number of benzene rings is 1. The van der Waals surface area contributed by atoms with Crippen LogP contribution >= 0.6 is 0 Å². The molecule has 132 valence electrons. The van der Waals surface area contributed by atoms with E-state index in [-0.39, 0.29) is 6.03 Å². The van der Waals surface area contributed by atoms with Crippen LogP contribution in [0.15, 0.2) is 47.1 Å². The van der Waals surface area contributed by atoms with Crippen LogP contribution in [0.25, 0.3) is 0 Å². The number of piperazine rings is 1. The Morgan fingerprint density at radius 1 is 1.20 bits per heavy atom. The highest BCUT2D eigenvalue weighted by Crippen LogP contribution is 2.22. The van der Waals surface area contributed by atoms with Crippen molar-refractivity contribution in [1.29, 1.82) is 0 Å². The molecule has 2 fully saturated rings. The SMILES string of the molecule is O=C(Nc1ccc(OCc2ccco2)cc1)N1CCN2CCC[C@@H]2C1. The molecule has 3 heterocycles. The molecule has 2 aliphatic heterocycles. The Bertz CT molecular complexity index is 699. The van der Waals surface area contributed by atoms with Gasteiger partial charge in [0, 0.05) is 31.4 Å². The maximum Gasteiger partial charge on any atom is 0.321 e. The van der Waals surface area contributed by atoms with Crippen LogP contribution in [0.2, 0.25) is 0 Å². The fourth-order valence-corrected chi connectivity index (χ4v) is 3.56. The molecule has 25 heavy (non-hydrogen) atoms. The van der Waals surface area contributed by atoms with Gasteiger partial charge in [0.1, 0.15) is 18.1 Å². The number of ether oxygens (including phenoxy) is 1. The van der Waals surface area contributed by atoms with Gasteiger partial charge in [-0.05, 0) is 55.8 Å². The van der Waals surface area contributed by atoms with Gasteiger partial charge in [-0.25, -0.2) is 4.79 Å². The molecule has 0 unspecified atom stereocenters. The summed E-state index contributed by atoms with van der Waals surface area (Å²) in [6.45, 7) is 4.18. The maximum absolute atomic E-state index is 12.5. The number of urea groups is 1. The minimum atomic E-state index is -0.0178. The summed E-state index contributed by atoms with van der Waals surface area (Å²) in [5, 5.41) is 2.98. The second kappa shape index (κ2) is 7.19. The van der Waals surface area contributed by atoms with Crippen LogP contribution < -0.4 is 10.1 Å². The Balaban J connectivity index is 1.29. The highest BCUT2D eigenvalue weighted by molar-refractivity contribution is 5.89. The second-order valence-electron chi connectivity index (χ2n) is 6.60. The summed E-state index contributed by atoms with van der Waals surface area (Å²) in [5.74, 6) is 1.53. The van der Waals surface area contributed by atoms with E-state index in [9.17, 15) is 4.79 Å². The number of anilines is 1. The van der Waals surface area contributed by atoms with E-state index in [2.05, 4.69) is 10.2 Å². The highest BCUT2D eigenvalue weighted by atomic mass is 16.5. The number of nitrogens with zero attached hydrogens (tertiary/aromatic N) is 2. The Morgan fingerprint density at radius 3 is 2.88 bits per heavy atom. The fraction of sp³-hybridized carbons (Fsp3) is 0.421. The molecule has 0 spiro atoms. The second-order valence-corrected chi connectivity index (χ2v) is 6.60. The molecule has 1 aromatic carbocycles. The first-order valence-electron chi connectivity index (χ1n) is 8.83. The first-order valence-corrected chi connectivity index (χ1v) is 8.83. The normalized spacial score (nSPS) is 20.3. The number of fused-ring (bicyclic) bond motifs is 1. The number of furan rings is 1. The number of carbonyl (C=O) groups excluding carboxylic acids is 1. The van der Waals surface area contributed by atoms with Gasteiger partial charge < -0.3 is 19.4 Å². The zero-order valence-electron chi connectivity index (χ0n) is 14.2. The van der Waals surface area contributed by atoms with Crippen molar-refractivity contribution in [1.82, 2.24) is 9.80 Å². The minimum absolute atomic E-state index is 0.0178. The van der Waals surface area contributed by atoms with E-state index in [1.165, 1.54) is 19.4 Å². The smallest absolute Gasteiger partial charge is 0.321 e. The van der Waals surface area contributed by atoms with Crippen LogP contribution in [0.3, 0.4) is 0 Å². The lowest BCUT2D eigenvalue weighted by Gasteiger charge is -2.37. The summed E-state index contributed by atoms with van der Waals surface area (Å²) in [6.07, 6.45) is 4.08. The Morgan fingerprint density at radius 2 is 2.08 bits per heavy atom. The van der Waals surface area contributed by atoms with Crippen LogP contribution in [0.4, 0.5) is 10.5 Å². The maximum atomic E-state index is 12.5. The van der Waals surface area contributed by atoms with Crippen molar-refractivity contribution in [3.63, 3.8) is 0 Å². The average molecular weight is 341 g/mol. The van der Waals surface area contributed by atoms with Gasteiger partial charge in [-0.2, -0.15) is 0 Å². The van der Waals surface area contributed by atoms with E-state index in [0.29, 0.717) is 12.6 Å². The lowest BCUT2D eigenvalue weighted by molar-refractivity contribution is 0.124. The Labute approximate surface area is 147 Å². The van der Waals surface area contributed by atoms with Gasteiger partial charge in [0.15, 0.2) is 0 Å². The number of carbonyl (C=O) groups is 1. The van der Waals surface area contributed by atoms with Gasteiger partial charge in [0.05, 0.1) is 6.26 Å². The molecule has 4 rings (SSSR count). The summed E-state index contributed by atoms with van der Waals surface area (Å²) in [7, 11) is 0. The van der Waals surface area contributed by atoms with Crippen molar-refractivity contribution in [2.45, 2.75) is 25.5 Å². The molecule has 0 aliphatic carbocycles. The van der Waals surface area contributed by atoms with Crippen molar-refractivity contribution in [3.8, 4) is 5.75 Å². The first-order chi connectivity index (χ1) is 12.3. The van der Waals surface area contributed by atoms with E-state index < -0.39 is 0 Å². The third-order valence-electron chi connectivity index (χ3n) is 4.94. The van der Waals surface area contributed by atoms with Gasteiger partial charge in [0.2, 0.25) is 0 Å². The van der Waals surface area contributed by atoms with Gasteiger partial charge in [-0.3, -0.25) is 4.90 Å². The zero-order chi connectivity index (χ0) is 17.1. The summed E-state index contributed by atoms with van der Waals surface area (Å²) in [5.41, 5.74) is 0.782. The molecule has 2 amide bonds. The van der Waals surface area contributed by atoms with Gasteiger partial charge in [-0.15, -0.1) is 0 Å². The number of hydrogen-bond donors (Lipinski definition) is 1. The van der Waals surface area contributed by atoms with Crippen molar-refractivity contribution < 1.29 is 13.9 Å². The van der Waals surface area contributed by atoms with Crippen LogP contribution in [0, 0.1) is 0 Å². The quantitative estimate of drug-likeness (QED) is 0.928. The van der Waals surface area contributed by atoms with E-state index >= 15 is 0 Å². The van der Waals surface area contributed by atoms with Crippen LogP contribution in [0.5, 0.6) is 5.75 Å². The third kappa shape index (κ3) is 3.79. The lowest BCUT2D eigenvalue weighted by atomic mass is 10.1. The van der Waals surface area contributed by atoms with Gasteiger partial charge in [0.25, 0.3) is 0 Å². The lowest BCUT2D eigenvalue weighted by Crippen LogP contribution is -2.53. The van der Waals surface area contributed by atoms with Crippen LogP contribution in [-0.4, -0.2) is 48.1 Å². The summed E-state index contributed by atoms with van der Waals surface area (Å²) < 4.78 is 10.9. The van der Waals surface area contributed by atoms with Crippen molar-refractivity contribution in [3.05, 3.63) is 48.4 Å². The minimum Gasteiger partial charge on any atom is -0.486 e. The molecule has 0 saturated carbocycles. The first kappa shape index (κ1) is 16.0. The molecule has 0 radical (unpaired) electrons. The predicted octanol–water partition coefficient (Wildman–Crippen LogP) is 3.17. The van der Waals surface area contributed by atoms with Crippen molar-refractivity contribution >= 4 is 11.7 Å². The molecular formula is C19H23N3O3. The van der Waals surface area contributed by atoms with Crippen LogP contribution in [-0.2, 0) is 6.61 Å². The van der Waals surface area contributed by atoms with E-state index in [1.54, 1.807) is 6.26 Å². The van der Waals surface area contributed by atoms with Crippen LogP contribution in [0.1, 0.15) is 18.6 Å². The molecule has 2 aromatic rings. The highest BCUT2D eigenvalue weighted by Gasteiger charge is 2.32. The van der Waals surface area contributed by atoms with E-state index in [0.717, 1.165) is 36.8 Å². The summed E-state index contributed by atoms with van der Waals surface area (Å²) in [6, 6.07) is 11.7. The molecule has 1 N–H and O–H groups in total. The molecular weight excluding hydrogens is 318 g/mol. The van der Waals surface area contributed by atoms with Crippen molar-refractivity contribution in [2.24, 2.45) is 0 Å². The Kier molecular flexibility index (Phi) is 4.61. The zero-order valence-corrected chi connectivity index (χ0v) is 14.2. The summed E-state index contributed by atoms with van der Waals surface area (Å²) >= 11 is 0. The van der Waals surface area contributed by atoms with E-state index in [1.807, 2.05) is 41.3 Å². The molecule has 6 nitrogen and oxygen atoms in total. The average Bonchev–Trinajstić information content (AvgIpc) is 3.32. The monoisotopic (exact) mass is 341 g/mol. The standard InChI is InChI=1S/C19H23N3O3/c23-19(22-11-10-21-9-1-3-16(21)13-22)20-15-5-7-17(8-6-15)25-14-18-4-2-12-24-18/h2,4-8,12,16H,1,3,9-11,13-14H2,(H,20,23)/t16-/m1/s1. The fourth-order valence-electron chi connectivity index (χ4n) is 3.56. The van der Waals surface area contributed by atoms with Gasteiger partial charge in [-0.1, -0.05) is 0 Å². The number of nitrogens with one attached hydrogen (secondary N) is 1. The molecule has 1 aromatic heterocycles. The largest absolute Gasteiger partial charge is 0.486 e.